The van der Waals surface area contributed by atoms with E-state index in [2.05, 4.69) is 21.2 Å². The van der Waals surface area contributed by atoms with E-state index in [9.17, 15) is 9.59 Å². The van der Waals surface area contributed by atoms with Gasteiger partial charge in [0.25, 0.3) is 5.91 Å². The number of amides is 2. The van der Waals surface area contributed by atoms with E-state index in [1.54, 1.807) is 30.2 Å². The van der Waals surface area contributed by atoms with Gasteiger partial charge in [-0.25, -0.2) is 0 Å². The largest absolute Gasteiger partial charge is 0.497 e. The summed E-state index contributed by atoms with van der Waals surface area (Å²) in [6.07, 6.45) is 1.29. The number of rotatable bonds is 11. The predicted octanol–water partition coefficient (Wildman–Crippen LogP) is 5.21. The zero-order chi connectivity index (χ0) is 23.7. The first kappa shape index (κ1) is 26.0. The molecule has 0 aliphatic carbocycles. The Bertz CT molecular complexity index is 907. The lowest BCUT2D eigenvalue weighted by Crippen LogP contribution is -2.51. The summed E-state index contributed by atoms with van der Waals surface area (Å²) in [4.78, 5) is 27.8. The Morgan fingerprint density at radius 2 is 1.81 bits per heavy atom. The quantitative estimate of drug-likeness (QED) is 0.437. The molecule has 2 rings (SSSR count). The smallest absolute Gasteiger partial charge is 0.261 e. The molecule has 32 heavy (non-hydrogen) atoms. The van der Waals surface area contributed by atoms with Crippen LogP contribution in [0.15, 0.2) is 46.9 Å². The normalized spacial score (nSPS) is 12.6. The molecule has 0 aliphatic rings. The molecule has 0 unspecified atom stereocenters. The van der Waals surface area contributed by atoms with E-state index in [0.717, 1.165) is 17.7 Å². The van der Waals surface area contributed by atoms with Crippen LogP contribution in [0, 0.1) is 0 Å². The van der Waals surface area contributed by atoms with Crippen LogP contribution in [-0.4, -0.2) is 42.5 Å². The van der Waals surface area contributed by atoms with Gasteiger partial charge in [-0.1, -0.05) is 37.6 Å². The lowest BCUT2D eigenvalue weighted by Gasteiger charge is -2.31. The minimum Gasteiger partial charge on any atom is -0.497 e. The van der Waals surface area contributed by atoms with Gasteiger partial charge in [-0.2, -0.15) is 0 Å². The zero-order valence-electron chi connectivity index (χ0n) is 18.9. The third-order valence-electron chi connectivity index (χ3n) is 5.14. The molecule has 2 aromatic carbocycles. The third kappa shape index (κ3) is 7.41. The minimum absolute atomic E-state index is 0.0239. The van der Waals surface area contributed by atoms with Crippen molar-refractivity contribution in [2.75, 3.05) is 13.7 Å². The van der Waals surface area contributed by atoms with Crippen LogP contribution in [0.1, 0.15) is 39.2 Å². The van der Waals surface area contributed by atoms with E-state index in [4.69, 9.17) is 21.1 Å². The molecule has 1 N–H and O–H groups in total. The van der Waals surface area contributed by atoms with E-state index in [0.29, 0.717) is 21.7 Å². The molecule has 2 aromatic rings. The van der Waals surface area contributed by atoms with Crippen LogP contribution in [0.2, 0.25) is 5.02 Å². The van der Waals surface area contributed by atoms with Crippen molar-refractivity contribution in [3.8, 4) is 11.5 Å². The van der Waals surface area contributed by atoms with Gasteiger partial charge in [0.15, 0.2) is 6.61 Å². The van der Waals surface area contributed by atoms with E-state index < -0.39 is 6.04 Å². The van der Waals surface area contributed by atoms with Crippen molar-refractivity contribution in [1.82, 2.24) is 10.2 Å². The molecule has 0 spiro atoms. The van der Waals surface area contributed by atoms with Gasteiger partial charge in [0.1, 0.15) is 17.5 Å². The average Bonchev–Trinajstić information content (AvgIpc) is 2.78. The summed E-state index contributed by atoms with van der Waals surface area (Å²) in [5.74, 6) is 0.776. The van der Waals surface area contributed by atoms with Gasteiger partial charge in [0, 0.05) is 17.6 Å². The first-order chi connectivity index (χ1) is 15.3. The predicted molar refractivity (Wildman–Crippen MR) is 130 cm³/mol. The van der Waals surface area contributed by atoms with Crippen LogP contribution in [0.5, 0.6) is 11.5 Å². The van der Waals surface area contributed by atoms with Gasteiger partial charge in [-0.05, 0) is 71.6 Å². The molecule has 0 aliphatic heterocycles. The number of carbonyl (C=O) groups is 2. The molecule has 0 aromatic heterocycles. The number of benzene rings is 2. The van der Waals surface area contributed by atoms with Gasteiger partial charge < -0.3 is 19.7 Å². The van der Waals surface area contributed by atoms with Crippen LogP contribution >= 0.6 is 27.5 Å². The maximum absolute atomic E-state index is 13.2. The van der Waals surface area contributed by atoms with E-state index in [-0.39, 0.29) is 31.0 Å². The topological polar surface area (TPSA) is 67.9 Å². The minimum atomic E-state index is -0.615. The Kier molecular flexibility index (Phi) is 10.3. The fourth-order valence-electron chi connectivity index (χ4n) is 3.10. The number of halogens is 2. The van der Waals surface area contributed by atoms with Crippen molar-refractivity contribution in [3.05, 3.63) is 57.5 Å². The molecule has 0 saturated carbocycles. The second kappa shape index (κ2) is 12.7. The highest BCUT2D eigenvalue weighted by Gasteiger charge is 2.29. The van der Waals surface area contributed by atoms with Crippen LogP contribution in [-0.2, 0) is 16.1 Å². The SMILES string of the molecule is CC[C@@H](C)NC(=O)[C@H](CC)N(Cc1ccc(OC)cc1)C(=O)COc1ccc(Cl)cc1Br. The fraction of sp³-hybridized carbons (Fsp3) is 0.417. The summed E-state index contributed by atoms with van der Waals surface area (Å²) in [5, 5.41) is 3.55. The number of methoxy groups -OCH3 is 1. The number of hydrogen-bond donors (Lipinski definition) is 1. The molecule has 2 amide bonds. The number of hydrogen-bond acceptors (Lipinski definition) is 4. The standard InChI is InChI=1S/C24H30BrClN2O4/c1-5-16(3)27-24(30)21(6-2)28(14-17-7-10-19(31-4)11-8-17)23(29)15-32-22-12-9-18(26)13-20(22)25/h7-13,16,21H,5-6,14-15H2,1-4H3,(H,27,30)/t16-,21+/m1/s1. The summed E-state index contributed by atoms with van der Waals surface area (Å²) in [5.41, 5.74) is 0.890. The highest BCUT2D eigenvalue weighted by Crippen LogP contribution is 2.28. The summed E-state index contributed by atoms with van der Waals surface area (Å²) in [6, 6.07) is 11.9. The lowest BCUT2D eigenvalue weighted by molar-refractivity contribution is -0.143. The average molecular weight is 526 g/mol. The fourth-order valence-corrected chi connectivity index (χ4v) is 3.90. The molecular formula is C24H30BrClN2O4. The Hall–Kier alpha value is -2.25. The Balaban J connectivity index is 2.23. The summed E-state index contributed by atoms with van der Waals surface area (Å²) >= 11 is 9.37. The molecule has 6 nitrogen and oxygen atoms in total. The van der Waals surface area contributed by atoms with Crippen molar-refractivity contribution in [1.29, 1.82) is 0 Å². The molecule has 0 bridgehead atoms. The van der Waals surface area contributed by atoms with Crippen molar-refractivity contribution < 1.29 is 19.1 Å². The lowest BCUT2D eigenvalue weighted by atomic mass is 10.1. The van der Waals surface area contributed by atoms with Gasteiger partial charge >= 0.3 is 0 Å². The number of nitrogens with one attached hydrogen (secondary N) is 1. The van der Waals surface area contributed by atoms with E-state index in [1.807, 2.05) is 45.0 Å². The molecule has 174 valence electrons. The second-order valence-electron chi connectivity index (χ2n) is 7.48. The van der Waals surface area contributed by atoms with E-state index in [1.165, 1.54) is 0 Å². The summed E-state index contributed by atoms with van der Waals surface area (Å²) in [6.45, 7) is 5.92. The molecule has 8 heteroatoms. The highest BCUT2D eigenvalue weighted by atomic mass is 79.9. The monoisotopic (exact) mass is 524 g/mol. The van der Waals surface area contributed by atoms with Crippen molar-refractivity contribution in [2.24, 2.45) is 0 Å². The van der Waals surface area contributed by atoms with Crippen LogP contribution < -0.4 is 14.8 Å². The van der Waals surface area contributed by atoms with Gasteiger partial charge in [0.05, 0.1) is 11.6 Å². The van der Waals surface area contributed by atoms with Gasteiger partial charge in [-0.3, -0.25) is 9.59 Å². The van der Waals surface area contributed by atoms with Crippen LogP contribution in [0.3, 0.4) is 0 Å². The maximum atomic E-state index is 13.2. The molecule has 0 radical (unpaired) electrons. The van der Waals surface area contributed by atoms with Gasteiger partial charge in [0.2, 0.25) is 5.91 Å². The number of nitrogens with zero attached hydrogens (tertiary/aromatic N) is 1. The molecule has 0 saturated heterocycles. The Morgan fingerprint density at radius 3 is 2.38 bits per heavy atom. The third-order valence-corrected chi connectivity index (χ3v) is 6.00. The molecule has 0 heterocycles. The molecule has 2 atom stereocenters. The maximum Gasteiger partial charge on any atom is 0.261 e. The number of ether oxygens (including phenoxy) is 2. The van der Waals surface area contributed by atoms with Crippen molar-refractivity contribution >= 4 is 39.3 Å². The van der Waals surface area contributed by atoms with E-state index >= 15 is 0 Å². The van der Waals surface area contributed by atoms with Gasteiger partial charge in [-0.15, -0.1) is 0 Å². The highest BCUT2D eigenvalue weighted by molar-refractivity contribution is 9.10. The van der Waals surface area contributed by atoms with Crippen molar-refractivity contribution in [3.63, 3.8) is 0 Å². The number of carbonyl (C=O) groups excluding carboxylic acids is 2. The van der Waals surface area contributed by atoms with Crippen LogP contribution in [0.4, 0.5) is 0 Å². The summed E-state index contributed by atoms with van der Waals surface area (Å²) in [7, 11) is 1.60. The zero-order valence-corrected chi connectivity index (χ0v) is 21.2. The summed E-state index contributed by atoms with van der Waals surface area (Å²) < 4.78 is 11.6. The second-order valence-corrected chi connectivity index (χ2v) is 8.77. The van der Waals surface area contributed by atoms with Crippen LogP contribution in [0.25, 0.3) is 0 Å². The Labute approximate surface area is 203 Å². The molecule has 0 fully saturated rings. The first-order valence-corrected chi connectivity index (χ1v) is 11.8. The molecular weight excluding hydrogens is 496 g/mol. The first-order valence-electron chi connectivity index (χ1n) is 10.6. The van der Waals surface area contributed by atoms with Crippen molar-refractivity contribution in [2.45, 2.75) is 52.2 Å². The Morgan fingerprint density at radius 1 is 1.12 bits per heavy atom.